The van der Waals surface area contributed by atoms with Crippen molar-refractivity contribution >= 4 is 37.5 Å². The molecule has 0 spiro atoms. The molecule has 3 nitrogen and oxygen atoms in total. The first-order valence-electron chi connectivity index (χ1n) is 3.11. The van der Waals surface area contributed by atoms with Crippen LogP contribution in [0.25, 0.3) is 10.2 Å². The van der Waals surface area contributed by atoms with Gasteiger partial charge >= 0.3 is 0 Å². The monoisotopic (exact) mass is 239 g/mol. The minimum absolute atomic E-state index is 0.523. The van der Waals surface area contributed by atoms with Crippen LogP contribution >= 0.6 is 27.3 Å². The molecule has 2 aromatic rings. The van der Waals surface area contributed by atoms with Crippen molar-refractivity contribution in [3.05, 3.63) is 21.9 Å². The maximum atomic E-state index is 8.70. The second kappa shape index (κ2) is 2.81. The van der Waals surface area contributed by atoms with E-state index >= 15 is 0 Å². The van der Waals surface area contributed by atoms with Crippen LogP contribution in [0.1, 0.15) is 5.56 Å². The lowest BCUT2D eigenvalue weighted by Crippen LogP contribution is -1.79. The SMILES string of the molecule is N#Cc1cncc2sc(Br)nc12. The molecule has 2 rings (SSSR count). The number of nitriles is 1. The Labute approximate surface area is 80.8 Å². The Morgan fingerprint density at radius 3 is 3.08 bits per heavy atom. The molecule has 0 aromatic carbocycles. The van der Waals surface area contributed by atoms with Gasteiger partial charge in [0.1, 0.15) is 11.6 Å². The van der Waals surface area contributed by atoms with E-state index in [0.717, 1.165) is 14.1 Å². The molecule has 0 radical (unpaired) electrons. The Morgan fingerprint density at radius 1 is 1.50 bits per heavy atom. The van der Waals surface area contributed by atoms with Gasteiger partial charge in [-0.15, -0.1) is 11.3 Å². The van der Waals surface area contributed by atoms with Crippen LogP contribution in [-0.2, 0) is 0 Å². The summed E-state index contributed by atoms with van der Waals surface area (Å²) in [4.78, 5) is 8.08. The van der Waals surface area contributed by atoms with Gasteiger partial charge in [-0.1, -0.05) is 0 Å². The minimum atomic E-state index is 0.523. The lowest BCUT2D eigenvalue weighted by Gasteiger charge is -1.86. The van der Waals surface area contributed by atoms with E-state index in [2.05, 4.69) is 25.9 Å². The van der Waals surface area contributed by atoms with Crippen molar-refractivity contribution in [1.82, 2.24) is 9.97 Å². The molecule has 0 aliphatic carbocycles. The van der Waals surface area contributed by atoms with Crippen LogP contribution in [0.3, 0.4) is 0 Å². The van der Waals surface area contributed by atoms with E-state index in [0.29, 0.717) is 5.56 Å². The average Bonchev–Trinajstić information content (AvgIpc) is 2.44. The number of hydrogen-bond acceptors (Lipinski definition) is 4. The molecule has 12 heavy (non-hydrogen) atoms. The Bertz CT molecular complexity index is 471. The third-order valence-electron chi connectivity index (χ3n) is 1.40. The van der Waals surface area contributed by atoms with Crippen molar-refractivity contribution in [3.8, 4) is 6.07 Å². The standard InChI is InChI=1S/C7H2BrN3S/c8-7-11-6-4(1-9)2-10-3-5(6)12-7/h2-3H. The van der Waals surface area contributed by atoms with Crippen LogP contribution in [0.15, 0.2) is 16.3 Å². The fourth-order valence-corrected chi connectivity index (χ4v) is 2.29. The fourth-order valence-electron chi connectivity index (χ4n) is 0.908. The second-order valence-corrected chi connectivity index (χ2v) is 4.42. The predicted octanol–water partition coefficient (Wildman–Crippen LogP) is 2.33. The number of halogens is 1. The number of nitrogens with zero attached hydrogens (tertiary/aromatic N) is 3. The fraction of sp³-hybridized carbons (Fsp3) is 0. The Kier molecular flexibility index (Phi) is 1.79. The maximum Gasteiger partial charge on any atom is 0.160 e. The summed E-state index contributed by atoms with van der Waals surface area (Å²) in [5.74, 6) is 0. The molecule has 0 amide bonds. The highest BCUT2D eigenvalue weighted by atomic mass is 79.9. The van der Waals surface area contributed by atoms with Crippen LogP contribution < -0.4 is 0 Å². The van der Waals surface area contributed by atoms with Gasteiger partial charge in [0.25, 0.3) is 0 Å². The molecule has 2 heterocycles. The van der Waals surface area contributed by atoms with Crippen LogP contribution in [-0.4, -0.2) is 9.97 Å². The highest BCUT2D eigenvalue weighted by molar-refractivity contribution is 9.11. The van der Waals surface area contributed by atoms with Crippen molar-refractivity contribution in [2.75, 3.05) is 0 Å². The lowest BCUT2D eigenvalue weighted by molar-refractivity contribution is 1.32. The summed E-state index contributed by atoms with van der Waals surface area (Å²) in [6.45, 7) is 0. The topological polar surface area (TPSA) is 49.6 Å². The number of hydrogen-bond donors (Lipinski definition) is 0. The first kappa shape index (κ1) is 7.65. The number of thiazole rings is 1. The van der Waals surface area contributed by atoms with Crippen molar-refractivity contribution in [2.24, 2.45) is 0 Å². The number of pyridine rings is 1. The van der Waals surface area contributed by atoms with Gasteiger partial charge in [0, 0.05) is 12.4 Å². The molecule has 2 aromatic heterocycles. The summed E-state index contributed by atoms with van der Waals surface area (Å²) < 4.78 is 1.71. The van der Waals surface area contributed by atoms with E-state index in [4.69, 9.17) is 5.26 Å². The summed E-state index contributed by atoms with van der Waals surface area (Å²) >= 11 is 4.73. The van der Waals surface area contributed by atoms with Gasteiger partial charge in [0.15, 0.2) is 3.92 Å². The summed E-state index contributed by atoms with van der Waals surface area (Å²) in [5, 5.41) is 8.70. The third kappa shape index (κ3) is 1.09. The molecule has 0 saturated carbocycles. The molecule has 0 bridgehead atoms. The number of aromatic nitrogens is 2. The van der Waals surface area contributed by atoms with E-state index < -0.39 is 0 Å². The molecule has 0 fully saturated rings. The molecule has 0 atom stereocenters. The van der Waals surface area contributed by atoms with Gasteiger partial charge in [-0.05, 0) is 15.9 Å². The second-order valence-electron chi connectivity index (χ2n) is 2.11. The van der Waals surface area contributed by atoms with E-state index in [1.807, 2.05) is 6.07 Å². The summed E-state index contributed by atoms with van der Waals surface area (Å²) in [6.07, 6.45) is 3.23. The van der Waals surface area contributed by atoms with Crippen molar-refractivity contribution in [3.63, 3.8) is 0 Å². The predicted molar refractivity (Wildman–Crippen MR) is 49.8 cm³/mol. The third-order valence-corrected chi connectivity index (χ3v) is 2.84. The number of fused-ring (bicyclic) bond motifs is 1. The molecular formula is C7H2BrN3S. The minimum Gasteiger partial charge on any atom is -0.262 e. The molecule has 5 heteroatoms. The van der Waals surface area contributed by atoms with Crippen LogP contribution in [0.5, 0.6) is 0 Å². The van der Waals surface area contributed by atoms with Gasteiger partial charge < -0.3 is 0 Å². The molecule has 0 N–H and O–H groups in total. The molecule has 0 aliphatic heterocycles. The first-order valence-corrected chi connectivity index (χ1v) is 4.72. The largest absolute Gasteiger partial charge is 0.262 e. The van der Waals surface area contributed by atoms with Crippen molar-refractivity contribution in [1.29, 1.82) is 5.26 Å². The molecule has 0 saturated heterocycles. The van der Waals surface area contributed by atoms with Crippen LogP contribution in [0, 0.1) is 11.3 Å². The van der Waals surface area contributed by atoms with Crippen molar-refractivity contribution < 1.29 is 0 Å². The molecular weight excluding hydrogens is 238 g/mol. The van der Waals surface area contributed by atoms with E-state index in [1.165, 1.54) is 17.5 Å². The molecule has 0 aliphatic rings. The van der Waals surface area contributed by atoms with Gasteiger partial charge in [-0.25, -0.2) is 4.98 Å². The highest BCUT2D eigenvalue weighted by Crippen LogP contribution is 2.26. The summed E-state index contributed by atoms with van der Waals surface area (Å²) in [6, 6.07) is 2.04. The molecule has 0 unspecified atom stereocenters. The van der Waals surface area contributed by atoms with Crippen LogP contribution in [0.4, 0.5) is 0 Å². The zero-order valence-corrected chi connectivity index (χ0v) is 8.19. The van der Waals surface area contributed by atoms with E-state index in [-0.39, 0.29) is 0 Å². The summed E-state index contributed by atoms with van der Waals surface area (Å²) in [5.41, 5.74) is 1.25. The average molecular weight is 240 g/mol. The Hall–Kier alpha value is -0.990. The lowest BCUT2D eigenvalue weighted by atomic mass is 10.3. The summed E-state index contributed by atoms with van der Waals surface area (Å²) in [7, 11) is 0. The quantitative estimate of drug-likeness (QED) is 0.709. The van der Waals surface area contributed by atoms with Crippen LogP contribution in [0.2, 0.25) is 0 Å². The smallest absolute Gasteiger partial charge is 0.160 e. The van der Waals surface area contributed by atoms with Gasteiger partial charge in [0.2, 0.25) is 0 Å². The van der Waals surface area contributed by atoms with Gasteiger partial charge in [-0.3, -0.25) is 4.98 Å². The molecule has 58 valence electrons. The Balaban J connectivity index is 2.89. The first-order chi connectivity index (χ1) is 5.81. The maximum absolute atomic E-state index is 8.70. The Morgan fingerprint density at radius 2 is 2.33 bits per heavy atom. The number of rotatable bonds is 0. The van der Waals surface area contributed by atoms with Gasteiger partial charge in [-0.2, -0.15) is 5.26 Å². The van der Waals surface area contributed by atoms with Crippen molar-refractivity contribution in [2.45, 2.75) is 0 Å². The normalized spacial score (nSPS) is 10.0. The zero-order chi connectivity index (χ0) is 8.55. The van der Waals surface area contributed by atoms with E-state index in [9.17, 15) is 0 Å². The van der Waals surface area contributed by atoms with E-state index in [1.54, 1.807) is 6.20 Å². The zero-order valence-electron chi connectivity index (χ0n) is 5.78. The van der Waals surface area contributed by atoms with Gasteiger partial charge in [0.05, 0.1) is 10.3 Å². The highest BCUT2D eigenvalue weighted by Gasteiger charge is 2.05.